The molecular weight excluding hydrogens is 245 g/mol. The number of amides is 1. The van der Waals surface area contributed by atoms with Gasteiger partial charge >= 0.3 is 0 Å². The van der Waals surface area contributed by atoms with Crippen LogP contribution in [0.25, 0.3) is 0 Å². The minimum Gasteiger partial charge on any atom is -0.356 e. The molecule has 1 unspecified atom stereocenters. The summed E-state index contributed by atoms with van der Waals surface area (Å²) in [5.74, 6) is 0.159. The Morgan fingerprint density at radius 2 is 2.19 bits per heavy atom. The standard InChI is InChI=1S/C12H13Cl2NO/c13-10-3-4-11(14)9(7-10)6-8-2-1-5-15-12(8)16/h3-4,7-8H,1-2,5-6H2,(H,15,16). The topological polar surface area (TPSA) is 29.1 Å². The molecule has 4 heteroatoms. The van der Waals surface area contributed by atoms with Crippen LogP contribution in [-0.2, 0) is 11.2 Å². The van der Waals surface area contributed by atoms with Gasteiger partial charge in [-0.05, 0) is 43.0 Å². The average Bonchev–Trinajstić information content (AvgIpc) is 2.27. The molecule has 0 aliphatic carbocycles. The zero-order chi connectivity index (χ0) is 11.5. The molecule has 1 heterocycles. The second-order valence-corrected chi connectivity index (χ2v) is 4.91. The van der Waals surface area contributed by atoms with Gasteiger partial charge in [0.05, 0.1) is 0 Å². The van der Waals surface area contributed by atoms with Crippen LogP contribution in [-0.4, -0.2) is 12.5 Å². The molecule has 1 amide bonds. The van der Waals surface area contributed by atoms with E-state index < -0.39 is 0 Å². The number of hydrogen-bond acceptors (Lipinski definition) is 1. The van der Waals surface area contributed by atoms with Crippen molar-refractivity contribution < 1.29 is 4.79 Å². The minimum absolute atomic E-state index is 0.0321. The van der Waals surface area contributed by atoms with Gasteiger partial charge in [-0.15, -0.1) is 0 Å². The molecule has 1 aliphatic heterocycles. The van der Waals surface area contributed by atoms with Crippen molar-refractivity contribution in [1.29, 1.82) is 0 Å². The first-order valence-corrected chi connectivity index (χ1v) is 6.14. The smallest absolute Gasteiger partial charge is 0.223 e. The maximum absolute atomic E-state index is 11.6. The highest BCUT2D eigenvalue weighted by Gasteiger charge is 2.22. The third kappa shape index (κ3) is 2.69. The van der Waals surface area contributed by atoms with Crippen LogP contribution in [0.4, 0.5) is 0 Å². The highest BCUT2D eigenvalue weighted by Crippen LogP contribution is 2.25. The fraction of sp³-hybridized carbons (Fsp3) is 0.417. The summed E-state index contributed by atoms with van der Waals surface area (Å²) in [7, 11) is 0. The first kappa shape index (κ1) is 11.7. The van der Waals surface area contributed by atoms with E-state index in [0.717, 1.165) is 24.9 Å². The highest BCUT2D eigenvalue weighted by atomic mass is 35.5. The molecule has 2 rings (SSSR count). The maximum Gasteiger partial charge on any atom is 0.223 e. The summed E-state index contributed by atoms with van der Waals surface area (Å²) >= 11 is 12.0. The van der Waals surface area contributed by atoms with Crippen molar-refractivity contribution in [3.63, 3.8) is 0 Å². The number of rotatable bonds is 2. The van der Waals surface area contributed by atoms with Crippen LogP contribution in [0.1, 0.15) is 18.4 Å². The number of halogens is 2. The predicted molar refractivity (Wildman–Crippen MR) is 65.9 cm³/mol. The summed E-state index contributed by atoms with van der Waals surface area (Å²) < 4.78 is 0. The number of carbonyl (C=O) groups excluding carboxylic acids is 1. The van der Waals surface area contributed by atoms with E-state index in [1.165, 1.54) is 0 Å². The summed E-state index contributed by atoms with van der Waals surface area (Å²) in [4.78, 5) is 11.6. The summed E-state index contributed by atoms with van der Waals surface area (Å²) in [6.07, 6.45) is 2.63. The van der Waals surface area contributed by atoms with Gasteiger partial charge in [0.25, 0.3) is 0 Å². The fourth-order valence-electron chi connectivity index (χ4n) is 2.00. The first-order chi connectivity index (χ1) is 7.66. The molecule has 86 valence electrons. The molecule has 1 aromatic carbocycles. The van der Waals surface area contributed by atoms with Gasteiger partial charge in [0.15, 0.2) is 0 Å². The number of benzene rings is 1. The highest BCUT2D eigenvalue weighted by molar-refractivity contribution is 6.33. The zero-order valence-electron chi connectivity index (χ0n) is 8.80. The SMILES string of the molecule is O=C1NCCCC1Cc1cc(Cl)ccc1Cl. The van der Waals surface area contributed by atoms with E-state index in [0.29, 0.717) is 16.5 Å². The molecule has 0 radical (unpaired) electrons. The van der Waals surface area contributed by atoms with Crippen LogP contribution in [0, 0.1) is 5.92 Å². The Morgan fingerprint density at radius 3 is 2.94 bits per heavy atom. The lowest BCUT2D eigenvalue weighted by Crippen LogP contribution is -2.37. The third-order valence-corrected chi connectivity index (χ3v) is 3.48. The predicted octanol–water partition coefficient (Wildman–Crippen LogP) is 3.06. The Balaban J connectivity index is 2.13. The number of piperidine rings is 1. The van der Waals surface area contributed by atoms with Crippen LogP contribution in [0.3, 0.4) is 0 Å². The van der Waals surface area contributed by atoms with E-state index in [4.69, 9.17) is 23.2 Å². The van der Waals surface area contributed by atoms with Crippen molar-refractivity contribution in [2.24, 2.45) is 5.92 Å². The van der Waals surface area contributed by atoms with Crippen molar-refractivity contribution >= 4 is 29.1 Å². The van der Waals surface area contributed by atoms with Crippen LogP contribution in [0.5, 0.6) is 0 Å². The zero-order valence-corrected chi connectivity index (χ0v) is 10.3. The molecule has 0 saturated carbocycles. The lowest BCUT2D eigenvalue weighted by Gasteiger charge is -2.22. The second-order valence-electron chi connectivity index (χ2n) is 4.07. The van der Waals surface area contributed by atoms with Gasteiger partial charge < -0.3 is 5.32 Å². The van der Waals surface area contributed by atoms with E-state index >= 15 is 0 Å². The third-order valence-electron chi connectivity index (χ3n) is 2.87. The van der Waals surface area contributed by atoms with E-state index in [1.54, 1.807) is 12.1 Å². The molecule has 1 atom stereocenters. The summed E-state index contributed by atoms with van der Waals surface area (Å²) in [5.41, 5.74) is 0.955. The van der Waals surface area contributed by atoms with Crippen LogP contribution < -0.4 is 5.32 Å². The van der Waals surface area contributed by atoms with Gasteiger partial charge in [0.1, 0.15) is 0 Å². The molecule has 1 saturated heterocycles. The monoisotopic (exact) mass is 257 g/mol. The van der Waals surface area contributed by atoms with Crippen LogP contribution in [0.2, 0.25) is 10.0 Å². The molecule has 1 fully saturated rings. The van der Waals surface area contributed by atoms with Gasteiger partial charge in [0.2, 0.25) is 5.91 Å². The molecule has 2 nitrogen and oxygen atoms in total. The number of carbonyl (C=O) groups is 1. The molecule has 0 aromatic heterocycles. The van der Waals surface area contributed by atoms with Crippen molar-refractivity contribution in [2.75, 3.05) is 6.54 Å². The molecular formula is C12H13Cl2NO. The Kier molecular flexibility index (Phi) is 3.72. The molecule has 1 aliphatic rings. The quantitative estimate of drug-likeness (QED) is 0.867. The van der Waals surface area contributed by atoms with Crippen molar-refractivity contribution in [1.82, 2.24) is 5.32 Å². The van der Waals surface area contributed by atoms with Gasteiger partial charge in [-0.3, -0.25) is 4.79 Å². The van der Waals surface area contributed by atoms with Gasteiger partial charge in [-0.1, -0.05) is 23.2 Å². The average molecular weight is 258 g/mol. The number of hydrogen-bond donors (Lipinski definition) is 1. The molecule has 1 N–H and O–H groups in total. The van der Waals surface area contributed by atoms with E-state index in [-0.39, 0.29) is 11.8 Å². The van der Waals surface area contributed by atoms with Crippen molar-refractivity contribution in [2.45, 2.75) is 19.3 Å². The lowest BCUT2D eigenvalue weighted by molar-refractivity contribution is -0.126. The van der Waals surface area contributed by atoms with Crippen molar-refractivity contribution in [3.05, 3.63) is 33.8 Å². The maximum atomic E-state index is 11.6. The van der Waals surface area contributed by atoms with E-state index in [1.807, 2.05) is 6.07 Å². The second kappa shape index (κ2) is 5.07. The Morgan fingerprint density at radius 1 is 1.38 bits per heavy atom. The largest absolute Gasteiger partial charge is 0.356 e. The Bertz CT molecular complexity index is 406. The normalized spacial score (nSPS) is 20.6. The summed E-state index contributed by atoms with van der Waals surface area (Å²) in [6, 6.07) is 5.38. The number of nitrogens with one attached hydrogen (secondary N) is 1. The van der Waals surface area contributed by atoms with Gasteiger partial charge in [-0.2, -0.15) is 0 Å². The molecule has 1 aromatic rings. The van der Waals surface area contributed by atoms with Gasteiger partial charge in [-0.25, -0.2) is 0 Å². The minimum atomic E-state index is 0.0321. The van der Waals surface area contributed by atoms with E-state index in [2.05, 4.69) is 5.32 Å². The molecule has 0 spiro atoms. The Labute approximate surface area is 105 Å². The first-order valence-electron chi connectivity index (χ1n) is 5.38. The molecule has 16 heavy (non-hydrogen) atoms. The fourth-order valence-corrected chi connectivity index (χ4v) is 2.38. The van der Waals surface area contributed by atoms with Crippen LogP contribution in [0.15, 0.2) is 18.2 Å². The van der Waals surface area contributed by atoms with Gasteiger partial charge in [0, 0.05) is 22.5 Å². The lowest BCUT2D eigenvalue weighted by atomic mass is 9.91. The summed E-state index contributed by atoms with van der Waals surface area (Å²) in [5, 5.41) is 4.22. The molecule has 0 bridgehead atoms. The summed E-state index contributed by atoms with van der Waals surface area (Å²) in [6.45, 7) is 0.790. The van der Waals surface area contributed by atoms with Crippen molar-refractivity contribution in [3.8, 4) is 0 Å². The van der Waals surface area contributed by atoms with E-state index in [9.17, 15) is 4.79 Å². The van der Waals surface area contributed by atoms with Crippen LogP contribution >= 0.6 is 23.2 Å². The Hall–Kier alpha value is -0.730.